The number of hydrogen-bond donors (Lipinski definition) is 1. The van der Waals surface area contributed by atoms with Gasteiger partial charge in [0, 0.05) is 30.8 Å². The van der Waals surface area contributed by atoms with E-state index in [0.717, 1.165) is 28.4 Å². The van der Waals surface area contributed by atoms with Crippen molar-refractivity contribution >= 4 is 40.0 Å². The van der Waals surface area contributed by atoms with Gasteiger partial charge >= 0.3 is 6.03 Å². The minimum atomic E-state index is -0.442. The normalized spacial score (nSPS) is 15.9. The van der Waals surface area contributed by atoms with Gasteiger partial charge in [-0.3, -0.25) is 4.79 Å². The Morgan fingerprint density at radius 2 is 1.80 bits per heavy atom. The number of nitrogens with one attached hydrogen (secondary N) is 1. The van der Waals surface area contributed by atoms with Crippen LogP contribution in [-0.2, 0) is 11.3 Å². The molecule has 0 radical (unpaired) electrons. The summed E-state index contributed by atoms with van der Waals surface area (Å²) in [7, 11) is 1.77. The van der Waals surface area contributed by atoms with E-state index in [0.29, 0.717) is 24.5 Å². The van der Waals surface area contributed by atoms with Crippen molar-refractivity contribution in [2.75, 3.05) is 18.9 Å². The van der Waals surface area contributed by atoms with Gasteiger partial charge in [-0.25, -0.2) is 4.79 Å². The van der Waals surface area contributed by atoms with E-state index < -0.39 is 6.04 Å². The molecule has 0 unspecified atom stereocenters. The molecule has 0 saturated carbocycles. The summed E-state index contributed by atoms with van der Waals surface area (Å²) in [5.41, 5.74) is 1.73. The minimum absolute atomic E-state index is 0.0453. The SMILES string of the molecule is CN(Cc1ccc(Cl)cc1)C(=O)[C@H]1CCCN1C(=O)Nc1ccc2ccccc2c1. The monoisotopic (exact) mass is 421 g/mol. The lowest BCUT2D eigenvalue weighted by molar-refractivity contribution is -0.134. The number of anilines is 1. The van der Waals surface area contributed by atoms with Crippen LogP contribution in [0, 0.1) is 0 Å². The maximum Gasteiger partial charge on any atom is 0.322 e. The molecule has 0 aromatic heterocycles. The van der Waals surface area contributed by atoms with Gasteiger partial charge in [0.05, 0.1) is 0 Å². The molecule has 5 nitrogen and oxygen atoms in total. The fourth-order valence-electron chi connectivity index (χ4n) is 3.92. The van der Waals surface area contributed by atoms with E-state index in [-0.39, 0.29) is 11.9 Å². The molecule has 1 N–H and O–H groups in total. The summed E-state index contributed by atoms with van der Waals surface area (Å²) in [4.78, 5) is 29.3. The Balaban J connectivity index is 1.43. The summed E-state index contributed by atoms with van der Waals surface area (Å²) in [5.74, 6) is -0.0453. The molecule has 1 heterocycles. The second kappa shape index (κ2) is 8.76. The minimum Gasteiger partial charge on any atom is -0.340 e. The highest BCUT2D eigenvalue weighted by Gasteiger charge is 2.35. The fraction of sp³-hybridized carbons (Fsp3) is 0.250. The predicted molar refractivity (Wildman–Crippen MR) is 121 cm³/mol. The lowest BCUT2D eigenvalue weighted by atomic mass is 10.1. The molecule has 0 bridgehead atoms. The quantitative estimate of drug-likeness (QED) is 0.633. The van der Waals surface area contributed by atoms with Gasteiger partial charge in [-0.05, 0) is 53.4 Å². The molecule has 1 aliphatic heterocycles. The third-order valence-electron chi connectivity index (χ3n) is 5.51. The molecule has 4 rings (SSSR count). The van der Waals surface area contributed by atoms with Gasteiger partial charge in [0.2, 0.25) is 5.91 Å². The first-order chi connectivity index (χ1) is 14.5. The zero-order chi connectivity index (χ0) is 21.1. The number of benzene rings is 3. The van der Waals surface area contributed by atoms with Crippen LogP contribution in [0.3, 0.4) is 0 Å². The largest absolute Gasteiger partial charge is 0.340 e. The summed E-state index contributed by atoms with van der Waals surface area (Å²) in [6, 6.07) is 20.6. The van der Waals surface area contributed by atoms with E-state index in [1.54, 1.807) is 16.8 Å². The number of rotatable bonds is 4. The second-order valence-electron chi connectivity index (χ2n) is 7.66. The number of carbonyl (C=O) groups is 2. The van der Waals surface area contributed by atoms with Crippen LogP contribution in [0.15, 0.2) is 66.7 Å². The van der Waals surface area contributed by atoms with Crippen molar-refractivity contribution in [1.29, 1.82) is 0 Å². The van der Waals surface area contributed by atoms with Gasteiger partial charge < -0.3 is 15.1 Å². The molecule has 30 heavy (non-hydrogen) atoms. The Bertz CT molecular complexity index is 1070. The van der Waals surface area contributed by atoms with Crippen molar-refractivity contribution in [2.24, 2.45) is 0 Å². The van der Waals surface area contributed by atoms with E-state index in [9.17, 15) is 9.59 Å². The lowest BCUT2D eigenvalue weighted by Gasteiger charge is -2.28. The van der Waals surface area contributed by atoms with Crippen molar-refractivity contribution < 1.29 is 9.59 Å². The number of carbonyl (C=O) groups excluding carboxylic acids is 2. The Hall–Kier alpha value is -3.05. The topological polar surface area (TPSA) is 52.7 Å². The van der Waals surface area contributed by atoms with Crippen molar-refractivity contribution in [1.82, 2.24) is 9.80 Å². The summed E-state index contributed by atoms with van der Waals surface area (Å²) in [5, 5.41) is 5.81. The van der Waals surface area contributed by atoms with E-state index in [1.807, 2.05) is 66.7 Å². The zero-order valence-corrected chi connectivity index (χ0v) is 17.6. The summed E-state index contributed by atoms with van der Waals surface area (Å²) >= 11 is 5.94. The van der Waals surface area contributed by atoms with E-state index in [1.165, 1.54) is 0 Å². The fourth-order valence-corrected chi connectivity index (χ4v) is 4.05. The molecule has 6 heteroatoms. The Morgan fingerprint density at radius 1 is 1.07 bits per heavy atom. The van der Waals surface area contributed by atoms with Crippen LogP contribution in [0.5, 0.6) is 0 Å². The first-order valence-corrected chi connectivity index (χ1v) is 10.4. The zero-order valence-electron chi connectivity index (χ0n) is 16.8. The average molecular weight is 422 g/mol. The summed E-state index contributed by atoms with van der Waals surface area (Å²) < 4.78 is 0. The number of amides is 3. The summed E-state index contributed by atoms with van der Waals surface area (Å²) in [6.07, 6.45) is 1.49. The highest BCUT2D eigenvalue weighted by atomic mass is 35.5. The first kappa shape index (κ1) is 20.2. The van der Waals surface area contributed by atoms with Crippen LogP contribution in [0.2, 0.25) is 5.02 Å². The van der Waals surface area contributed by atoms with Crippen LogP contribution < -0.4 is 5.32 Å². The molecular formula is C24H24ClN3O2. The maximum atomic E-state index is 13.0. The van der Waals surface area contributed by atoms with Gasteiger partial charge in [0.25, 0.3) is 0 Å². The molecule has 1 saturated heterocycles. The Labute approximate surface area is 181 Å². The van der Waals surface area contributed by atoms with Gasteiger partial charge in [0.1, 0.15) is 6.04 Å². The molecule has 154 valence electrons. The van der Waals surface area contributed by atoms with Gasteiger partial charge in [-0.1, -0.05) is 54.1 Å². The van der Waals surface area contributed by atoms with E-state index in [4.69, 9.17) is 11.6 Å². The number of likely N-dealkylation sites (N-methyl/N-ethyl adjacent to an activating group) is 1. The number of nitrogens with zero attached hydrogens (tertiary/aromatic N) is 2. The third kappa shape index (κ3) is 4.41. The van der Waals surface area contributed by atoms with Crippen molar-refractivity contribution in [3.63, 3.8) is 0 Å². The molecule has 3 aromatic rings. The Morgan fingerprint density at radius 3 is 2.57 bits per heavy atom. The number of fused-ring (bicyclic) bond motifs is 1. The Kier molecular flexibility index (Phi) is 5.91. The third-order valence-corrected chi connectivity index (χ3v) is 5.76. The smallest absolute Gasteiger partial charge is 0.322 e. The van der Waals surface area contributed by atoms with Crippen LogP contribution in [0.1, 0.15) is 18.4 Å². The predicted octanol–water partition coefficient (Wildman–Crippen LogP) is 5.15. The van der Waals surface area contributed by atoms with Gasteiger partial charge in [0.15, 0.2) is 0 Å². The molecule has 1 aliphatic rings. The molecule has 0 aliphatic carbocycles. The van der Waals surface area contributed by atoms with Crippen LogP contribution in [-0.4, -0.2) is 41.4 Å². The van der Waals surface area contributed by atoms with Crippen molar-refractivity contribution in [3.8, 4) is 0 Å². The highest BCUT2D eigenvalue weighted by Crippen LogP contribution is 2.23. The maximum absolute atomic E-state index is 13.0. The molecule has 3 amide bonds. The standard InChI is InChI=1S/C24H24ClN3O2/c1-27(16-17-8-11-20(25)12-9-17)23(29)22-7-4-14-28(22)24(30)26-21-13-10-18-5-2-3-6-19(18)15-21/h2-3,5-6,8-13,15,22H,4,7,14,16H2,1H3,(H,26,30)/t22-/m1/s1. The van der Waals surface area contributed by atoms with E-state index >= 15 is 0 Å². The molecule has 3 aromatic carbocycles. The number of hydrogen-bond acceptors (Lipinski definition) is 2. The van der Waals surface area contributed by atoms with Gasteiger partial charge in [-0.2, -0.15) is 0 Å². The van der Waals surface area contributed by atoms with Crippen LogP contribution in [0.25, 0.3) is 10.8 Å². The van der Waals surface area contributed by atoms with Crippen LogP contribution in [0.4, 0.5) is 10.5 Å². The average Bonchev–Trinajstić information content (AvgIpc) is 3.25. The number of likely N-dealkylation sites (tertiary alicyclic amines) is 1. The molecule has 1 fully saturated rings. The molecule has 1 atom stereocenters. The molecular weight excluding hydrogens is 398 g/mol. The van der Waals surface area contributed by atoms with Gasteiger partial charge in [-0.15, -0.1) is 0 Å². The van der Waals surface area contributed by atoms with Crippen molar-refractivity contribution in [3.05, 3.63) is 77.3 Å². The van der Waals surface area contributed by atoms with E-state index in [2.05, 4.69) is 5.32 Å². The number of halogens is 1. The lowest BCUT2D eigenvalue weighted by Crippen LogP contribution is -2.47. The second-order valence-corrected chi connectivity index (χ2v) is 8.10. The highest BCUT2D eigenvalue weighted by molar-refractivity contribution is 6.30. The first-order valence-electron chi connectivity index (χ1n) is 10.1. The number of urea groups is 1. The van der Waals surface area contributed by atoms with Crippen LogP contribution >= 0.6 is 11.6 Å². The molecule has 0 spiro atoms. The summed E-state index contributed by atoms with van der Waals surface area (Å²) in [6.45, 7) is 1.05. The van der Waals surface area contributed by atoms with Crippen molar-refractivity contribution in [2.45, 2.75) is 25.4 Å².